The maximum Gasteiger partial charge on any atom is 0.313 e. The quantitative estimate of drug-likeness (QED) is 0.549. The van der Waals surface area contributed by atoms with Gasteiger partial charge < -0.3 is 20.7 Å². The number of nitrogens with zero attached hydrogens (tertiary/aromatic N) is 3. The molecule has 1 aliphatic rings. The van der Waals surface area contributed by atoms with Gasteiger partial charge in [-0.3, -0.25) is 14.6 Å². The van der Waals surface area contributed by atoms with Crippen LogP contribution in [0.2, 0.25) is 0 Å². The molecule has 2 aromatic heterocycles. The van der Waals surface area contributed by atoms with Gasteiger partial charge in [-0.1, -0.05) is 26.0 Å². The number of aryl methyl sites for hydroxylation is 1. The molecule has 3 aromatic rings. The van der Waals surface area contributed by atoms with Crippen molar-refractivity contribution in [1.29, 1.82) is 0 Å². The molecule has 3 heterocycles. The molecule has 8 heteroatoms. The first-order chi connectivity index (χ1) is 16.4. The first-order valence-electron chi connectivity index (χ1n) is 11.5. The van der Waals surface area contributed by atoms with E-state index in [2.05, 4.69) is 22.2 Å². The van der Waals surface area contributed by atoms with Gasteiger partial charge in [0.25, 0.3) is 0 Å². The summed E-state index contributed by atoms with van der Waals surface area (Å²) in [5.74, 6) is 0.757. The van der Waals surface area contributed by atoms with E-state index < -0.39 is 11.8 Å². The molecule has 1 aliphatic heterocycles. The highest BCUT2D eigenvalue weighted by Gasteiger charge is 2.34. The normalized spacial score (nSPS) is 17.8. The van der Waals surface area contributed by atoms with Crippen LogP contribution in [0, 0.1) is 5.92 Å². The Balaban J connectivity index is 1.53. The number of rotatable bonds is 5. The molecule has 0 radical (unpaired) electrons. The Morgan fingerprint density at radius 1 is 1.15 bits per heavy atom. The number of piperidine rings is 1. The minimum Gasteiger partial charge on any atom is -0.456 e. The van der Waals surface area contributed by atoms with Crippen molar-refractivity contribution < 1.29 is 14.3 Å². The fourth-order valence-corrected chi connectivity index (χ4v) is 4.24. The second kappa shape index (κ2) is 10.3. The van der Waals surface area contributed by atoms with Gasteiger partial charge in [-0.05, 0) is 66.6 Å². The predicted octanol–water partition coefficient (Wildman–Crippen LogP) is 4.35. The number of hydrogen-bond donors (Lipinski definition) is 2. The number of anilines is 2. The molecule has 1 aromatic carbocycles. The molecule has 0 unspecified atom stereocenters. The van der Waals surface area contributed by atoms with Crippen LogP contribution in [0.15, 0.2) is 61.1 Å². The Bertz CT molecular complexity index is 1170. The highest BCUT2D eigenvalue weighted by molar-refractivity contribution is 6.39. The maximum absolute atomic E-state index is 13.3. The van der Waals surface area contributed by atoms with Crippen LogP contribution in [0.4, 0.5) is 11.5 Å². The zero-order chi connectivity index (χ0) is 24.1. The number of carbonyl (C=O) groups excluding carboxylic acids is 2. The van der Waals surface area contributed by atoms with E-state index in [0.717, 1.165) is 24.0 Å². The number of aromatic nitrogens is 2. The van der Waals surface area contributed by atoms with Crippen molar-refractivity contribution in [2.24, 2.45) is 5.92 Å². The van der Waals surface area contributed by atoms with E-state index in [1.807, 2.05) is 37.3 Å². The molecular weight excluding hydrogens is 430 g/mol. The SMILES string of the molecule is CCc1cc(NC(=O)C(=O)N2C[C@@H](C)CC[C@@H]2c2cccc(Oc3cccnc3)c2)cnc1N. The van der Waals surface area contributed by atoms with Gasteiger partial charge in [0, 0.05) is 12.7 Å². The lowest BCUT2D eigenvalue weighted by Crippen LogP contribution is -2.46. The molecule has 34 heavy (non-hydrogen) atoms. The van der Waals surface area contributed by atoms with Crippen LogP contribution in [0.5, 0.6) is 11.5 Å². The molecule has 2 amide bonds. The van der Waals surface area contributed by atoms with E-state index in [4.69, 9.17) is 10.5 Å². The van der Waals surface area contributed by atoms with Gasteiger partial charge >= 0.3 is 11.8 Å². The Morgan fingerprint density at radius 2 is 1.97 bits per heavy atom. The summed E-state index contributed by atoms with van der Waals surface area (Å²) in [6.45, 7) is 4.55. The van der Waals surface area contributed by atoms with Crippen LogP contribution in [0.1, 0.15) is 43.9 Å². The summed E-state index contributed by atoms with van der Waals surface area (Å²) in [7, 11) is 0. The number of carbonyl (C=O) groups is 2. The van der Waals surface area contributed by atoms with E-state index in [1.54, 1.807) is 29.4 Å². The smallest absolute Gasteiger partial charge is 0.313 e. The molecule has 8 nitrogen and oxygen atoms in total. The fourth-order valence-electron chi connectivity index (χ4n) is 4.24. The van der Waals surface area contributed by atoms with Crippen LogP contribution in [0.3, 0.4) is 0 Å². The first kappa shape index (κ1) is 23.2. The first-order valence-corrected chi connectivity index (χ1v) is 11.5. The molecule has 3 N–H and O–H groups in total. The number of nitrogens with two attached hydrogens (primary N) is 1. The summed E-state index contributed by atoms with van der Waals surface area (Å²) < 4.78 is 5.92. The summed E-state index contributed by atoms with van der Waals surface area (Å²) in [5, 5.41) is 2.69. The van der Waals surface area contributed by atoms with Gasteiger partial charge in [0.2, 0.25) is 0 Å². The number of nitrogen functional groups attached to an aromatic ring is 1. The number of amides is 2. The number of likely N-dealkylation sites (tertiary alicyclic amines) is 1. The van der Waals surface area contributed by atoms with Crippen LogP contribution in [-0.4, -0.2) is 33.2 Å². The predicted molar refractivity (Wildman–Crippen MR) is 130 cm³/mol. The van der Waals surface area contributed by atoms with Crippen molar-refractivity contribution >= 4 is 23.3 Å². The summed E-state index contributed by atoms with van der Waals surface area (Å²) in [6, 6.07) is 12.8. The third-order valence-corrected chi connectivity index (χ3v) is 6.03. The maximum atomic E-state index is 13.3. The highest BCUT2D eigenvalue weighted by atomic mass is 16.5. The number of benzene rings is 1. The average molecular weight is 460 g/mol. The van der Waals surface area contributed by atoms with Crippen molar-refractivity contribution in [3.8, 4) is 11.5 Å². The standard InChI is InChI=1S/C26H29N5O3/c1-3-18-12-20(14-29-24(18)27)30-25(32)26(33)31-16-17(2)9-10-23(31)19-6-4-7-21(13-19)34-22-8-5-11-28-15-22/h4-8,11-15,17,23H,3,9-10,16H2,1-2H3,(H2,27,29)(H,30,32)/t17-,23+/m0/s1. The minimum absolute atomic E-state index is 0.220. The lowest BCUT2D eigenvalue weighted by atomic mass is 9.89. The lowest BCUT2D eigenvalue weighted by Gasteiger charge is -2.38. The Hall–Kier alpha value is -3.94. The van der Waals surface area contributed by atoms with Crippen molar-refractivity contribution in [1.82, 2.24) is 14.9 Å². The fraction of sp³-hybridized carbons (Fsp3) is 0.308. The third kappa shape index (κ3) is 5.33. The summed E-state index contributed by atoms with van der Waals surface area (Å²) >= 11 is 0. The molecule has 4 rings (SSSR count). The molecular formula is C26H29N5O3. The highest BCUT2D eigenvalue weighted by Crippen LogP contribution is 2.35. The molecule has 2 atom stereocenters. The monoisotopic (exact) mass is 459 g/mol. The largest absolute Gasteiger partial charge is 0.456 e. The molecule has 0 bridgehead atoms. The Kier molecular flexibility index (Phi) is 7.06. The topological polar surface area (TPSA) is 110 Å². The number of nitrogens with one attached hydrogen (secondary N) is 1. The Morgan fingerprint density at radius 3 is 2.74 bits per heavy atom. The van der Waals surface area contributed by atoms with Crippen LogP contribution >= 0.6 is 0 Å². The average Bonchev–Trinajstić information content (AvgIpc) is 2.85. The van der Waals surface area contributed by atoms with Crippen molar-refractivity contribution in [3.05, 3.63) is 72.2 Å². The summed E-state index contributed by atoms with van der Waals surface area (Å²) in [4.78, 5) is 36.0. The van der Waals surface area contributed by atoms with Crippen molar-refractivity contribution in [3.63, 3.8) is 0 Å². The van der Waals surface area contributed by atoms with Gasteiger partial charge in [0.1, 0.15) is 17.3 Å². The van der Waals surface area contributed by atoms with Crippen molar-refractivity contribution in [2.75, 3.05) is 17.6 Å². The number of pyridine rings is 2. The lowest BCUT2D eigenvalue weighted by molar-refractivity contribution is -0.146. The van der Waals surface area contributed by atoms with Crippen LogP contribution < -0.4 is 15.8 Å². The van der Waals surface area contributed by atoms with E-state index >= 15 is 0 Å². The summed E-state index contributed by atoms with van der Waals surface area (Å²) in [5.41, 5.74) is 8.06. The molecule has 0 saturated carbocycles. The van der Waals surface area contributed by atoms with Gasteiger partial charge in [0.05, 0.1) is 24.1 Å². The van der Waals surface area contributed by atoms with Gasteiger partial charge in [-0.15, -0.1) is 0 Å². The van der Waals surface area contributed by atoms with E-state index in [9.17, 15) is 9.59 Å². The second-order valence-electron chi connectivity index (χ2n) is 8.60. The van der Waals surface area contributed by atoms with Gasteiger partial charge in [-0.25, -0.2) is 4.98 Å². The molecule has 176 valence electrons. The zero-order valence-electron chi connectivity index (χ0n) is 19.4. The molecule has 1 fully saturated rings. The third-order valence-electron chi connectivity index (χ3n) is 6.03. The minimum atomic E-state index is -0.685. The van der Waals surface area contributed by atoms with Crippen molar-refractivity contribution in [2.45, 2.75) is 39.2 Å². The van der Waals surface area contributed by atoms with Crippen LogP contribution in [-0.2, 0) is 16.0 Å². The Labute approximate surface area is 199 Å². The number of ether oxygens (including phenoxy) is 1. The van der Waals surface area contributed by atoms with E-state index in [1.165, 1.54) is 6.20 Å². The molecule has 1 saturated heterocycles. The van der Waals surface area contributed by atoms with Gasteiger partial charge in [-0.2, -0.15) is 0 Å². The van der Waals surface area contributed by atoms with Gasteiger partial charge in [0.15, 0.2) is 0 Å². The molecule has 0 spiro atoms. The van der Waals surface area contributed by atoms with Crippen LogP contribution in [0.25, 0.3) is 0 Å². The zero-order valence-corrected chi connectivity index (χ0v) is 19.4. The van der Waals surface area contributed by atoms with E-state index in [-0.39, 0.29) is 6.04 Å². The second-order valence-corrected chi connectivity index (χ2v) is 8.60. The number of hydrogen-bond acceptors (Lipinski definition) is 6. The van der Waals surface area contributed by atoms with E-state index in [0.29, 0.717) is 41.9 Å². The summed E-state index contributed by atoms with van der Waals surface area (Å²) in [6.07, 6.45) is 7.20. The molecule has 0 aliphatic carbocycles.